The lowest BCUT2D eigenvalue weighted by Gasteiger charge is -2.12. The lowest BCUT2D eigenvalue weighted by molar-refractivity contribution is -0.598. The monoisotopic (exact) mass is 183 g/mol. The van der Waals surface area contributed by atoms with E-state index in [0.717, 1.165) is 12.8 Å². The third kappa shape index (κ3) is 2.08. The van der Waals surface area contributed by atoms with E-state index in [-0.39, 0.29) is 5.91 Å². The molecule has 0 aromatic rings. The Morgan fingerprint density at radius 1 is 1.46 bits per heavy atom. The highest BCUT2D eigenvalue weighted by Gasteiger charge is 2.37. The van der Waals surface area contributed by atoms with Crippen LogP contribution >= 0.6 is 0 Å². The number of nitrogens with zero attached hydrogens (tertiary/aromatic N) is 1. The second-order valence-corrected chi connectivity index (χ2v) is 3.39. The first-order valence-electron chi connectivity index (χ1n) is 5.18. The summed E-state index contributed by atoms with van der Waals surface area (Å²) in [7, 11) is 0. The topological polar surface area (TPSA) is 32.1 Å². The van der Waals surface area contributed by atoms with Crippen molar-refractivity contribution in [2.75, 3.05) is 0 Å². The zero-order valence-electron chi connectivity index (χ0n) is 8.76. The van der Waals surface area contributed by atoms with Crippen LogP contribution in [-0.4, -0.2) is 22.3 Å². The molecule has 1 N–H and O–H groups in total. The van der Waals surface area contributed by atoms with Crippen molar-refractivity contribution in [3.05, 3.63) is 0 Å². The molecule has 2 aliphatic rings. The Kier molecular flexibility index (Phi) is 3.46. The molecule has 13 heavy (non-hydrogen) atoms. The van der Waals surface area contributed by atoms with Gasteiger partial charge in [0.25, 0.3) is 5.91 Å². The van der Waals surface area contributed by atoms with E-state index >= 15 is 0 Å². The van der Waals surface area contributed by atoms with Gasteiger partial charge in [-0.3, -0.25) is 4.79 Å². The number of amides is 1. The van der Waals surface area contributed by atoms with Crippen molar-refractivity contribution in [1.29, 1.82) is 0 Å². The largest absolute Gasteiger partial charge is 0.281 e. The summed E-state index contributed by atoms with van der Waals surface area (Å²) < 4.78 is 2.05. The predicted molar refractivity (Wildman–Crippen MR) is 52.7 cm³/mol. The molecular weight excluding hydrogens is 164 g/mol. The van der Waals surface area contributed by atoms with Crippen LogP contribution in [0.1, 0.15) is 46.5 Å². The van der Waals surface area contributed by atoms with E-state index in [1.54, 1.807) is 0 Å². The molecule has 0 radical (unpaired) electrons. The number of hydrazine groups is 1. The van der Waals surface area contributed by atoms with Crippen LogP contribution in [0.3, 0.4) is 0 Å². The molecule has 1 saturated heterocycles. The van der Waals surface area contributed by atoms with Gasteiger partial charge in [-0.2, -0.15) is 0 Å². The van der Waals surface area contributed by atoms with Crippen molar-refractivity contribution >= 4 is 11.6 Å². The average Bonchev–Trinajstić information content (AvgIpc) is 2.51. The first kappa shape index (κ1) is 10.2. The highest BCUT2D eigenvalue weighted by Crippen LogP contribution is 2.18. The number of nitrogens with one attached hydrogen (secondary N) is 1. The lowest BCUT2D eigenvalue weighted by Crippen LogP contribution is -2.36. The van der Waals surface area contributed by atoms with Crippen molar-refractivity contribution in [2.45, 2.75) is 52.5 Å². The summed E-state index contributed by atoms with van der Waals surface area (Å²) in [5.41, 5.74) is 4.18. The van der Waals surface area contributed by atoms with Gasteiger partial charge < -0.3 is 0 Å². The minimum atomic E-state index is 0.177. The van der Waals surface area contributed by atoms with E-state index in [1.165, 1.54) is 12.1 Å². The van der Waals surface area contributed by atoms with Crippen LogP contribution in [0.5, 0.6) is 0 Å². The van der Waals surface area contributed by atoms with Gasteiger partial charge in [-0.25, -0.2) is 0 Å². The summed E-state index contributed by atoms with van der Waals surface area (Å²) >= 11 is 0. The second kappa shape index (κ2) is 4.40. The minimum absolute atomic E-state index is 0.177. The summed E-state index contributed by atoms with van der Waals surface area (Å²) in [6.45, 7) is 6.10. The summed E-state index contributed by atoms with van der Waals surface area (Å²) in [5, 5.41) is 0. The molecule has 0 aromatic carbocycles. The lowest BCUT2D eigenvalue weighted by atomic mass is 10.0. The number of hydrogen-bond donors (Lipinski definition) is 1. The summed E-state index contributed by atoms with van der Waals surface area (Å²) in [4.78, 5) is 11.0. The normalized spacial score (nSPS) is 26.1. The molecule has 0 aromatic heterocycles. The zero-order chi connectivity index (χ0) is 9.84. The molecule has 2 rings (SSSR count). The van der Waals surface area contributed by atoms with Gasteiger partial charge in [-0.05, 0) is 6.42 Å². The number of hydrazone groups is 1. The molecule has 1 atom stereocenters. The van der Waals surface area contributed by atoms with Gasteiger partial charge in [-0.1, -0.05) is 13.8 Å². The minimum Gasteiger partial charge on any atom is -0.269 e. The molecule has 3 heteroatoms. The molecule has 2 heterocycles. The highest BCUT2D eigenvalue weighted by atomic mass is 16.2. The summed E-state index contributed by atoms with van der Waals surface area (Å²) in [5.74, 6) is 0.177. The molecule has 1 amide bonds. The number of hydrogen-bond acceptors (Lipinski definition) is 1. The highest BCUT2D eigenvalue weighted by molar-refractivity contribution is 5.81. The fourth-order valence-corrected chi connectivity index (χ4v) is 1.93. The molecule has 0 saturated carbocycles. The van der Waals surface area contributed by atoms with Crippen LogP contribution in [0.15, 0.2) is 0 Å². The maximum absolute atomic E-state index is 11.0. The van der Waals surface area contributed by atoms with Gasteiger partial charge in [0.1, 0.15) is 0 Å². The van der Waals surface area contributed by atoms with E-state index in [2.05, 4.69) is 12.3 Å². The van der Waals surface area contributed by atoms with Gasteiger partial charge in [0.2, 0.25) is 0 Å². The first-order valence-corrected chi connectivity index (χ1v) is 5.18. The Balaban J connectivity index is 0.000000396. The molecule has 1 fully saturated rings. The van der Waals surface area contributed by atoms with Crippen LogP contribution in [0.2, 0.25) is 0 Å². The van der Waals surface area contributed by atoms with Crippen LogP contribution in [-0.2, 0) is 4.79 Å². The zero-order valence-corrected chi connectivity index (χ0v) is 8.76. The van der Waals surface area contributed by atoms with E-state index in [1.807, 2.05) is 18.5 Å². The van der Waals surface area contributed by atoms with E-state index in [9.17, 15) is 4.79 Å². The van der Waals surface area contributed by atoms with Crippen LogP contribution in [0.25, 0.3) is 0 Å². The van der Waals surface area contributed by atoms with E-state index < -0.39 is 0 Å². The van der Waals surface area contributed by atoms with Crippen molar-refractivity contribution in [2.24, 2.45) is 0 Å². The molecule has 1 unspecified atom stereocenters. The van der Waals surface area contributed by atoms with Crippen molar-refractivity contribution in [3.63, 3.8) is 0 Å². The summed E-state index contributed by atoms with van der Waals surface area (Å²) in [6, 6.07) is 0.455. The fraction of sp³-hybridized carbons (Fsp3) is 0.800. The molecule has 2 aliphatic heterocycles. The smallest absolute Gasteiger partial charge is 0.269 e. The SMILES string of the molecule is CC.CC1=[N+]2NC(=O)CC2CCC1. The predicted octanol–water partition coefficient (Wildman–Crippen LogP) is 1.47. The molecule has 0 aliphatic carbocycles. The third-order valence-electron chi connectivity index (χ3n) is 2.52. The number of carbonyl (C=O) groups is 1. The average molecular weight is 183 g/mol. The maximum Gasteiger partial charge on any atom is 0.281 e. The van der Waals surface area contributed by atoms with Crippen molar-refractivity contribution in [3.8, 4) is 0 Å². The Morgan fingerprint density at radius 3 is 2.77 bits per heavy atom. The molecule has 3 nitrogen and oxygen atoms in total. The standard InChI is InChI=1S/C8H12N2O.C2H6/c1-6-3-2-4-7-5-8(11)9-10(6)7;1-2/h7H,2-5H2,1H3;1-2H3/p+1. The number of rotatable bonds is 0. The Labute approximate surface area is 79.8 Å². The van der Waals surface area contributed by atoms with Crippen molar-refractivity contribution in [1.82, 2.24) is 5.43 Å². The van der Waals surface area contributed by atoms with Gasteiger partial charge in [0.15, 0.2) is 11.8 Å². The van der Waals surface area contributed by atoms with Crippen LogP contribution in [0.4, 0.5) is 0 Å². The maximum atomic E-state index is 11.0. The second-order valence-electron chi connectivity index (χ2n) is 3.39. The van der Waals surface area contributed by atoms with Gasteiger partial charge in [0, 0.05) is 19.8 Å². The number of carbonyl (C=O) groups excluding carboxylic acids is 1. The van der Waals surface area contributed by atoms with Gasteiger partial charge in [-0.15, -0.1) is 10.1 Å². The van der Waals surface area contributed by atoms with Gasteiger partial charge in [0.05, 0.1) is 6.42 Å². The molecule has 74 valence electrons. The molecule has 0 bridgehead atoms. The summed E-state index contributed by atoms with van der Waals surface area (Å²) in [6.07, 6.45) is 4.23. The fourth-order valence-electron chi connectivity index (χ4n) is 1.93. The van der Waals surface area contributed by atoms with Crippen LogP contribution < -0.4 is 5.43 Å². The Hall–Kier alpha value is -0.860. The van der Waals surface area contributed by atoms with Crippen LogP contribution in [0, 0.1) is 0 Å². The van der Waals surface area contributed by atoms with Gasteiger partial charge >= 0.3 is 0 Å². The van der Waals surface area contributed by atoms with E-state index in [0.29, 0.717) is 12.5 Å². The quantitative estimate of drug-likeness (QED) is 0.567. The van der Waals surface area contributed by atoms with E-state index in [4.69, 9.17) is 0 Å². The number of fused-ring (bicyclic) bond motifs is 1. The molecule has 0 spiro atoms. The Bertz CT molecular complexity index is 233. The first-order chi connectivity index (χ1) is 6.27. The third-order valence-corrected chi connectivity index (χ3v) is 2.52. The van der Waals surface area contributed by atoms with Crippen molar-refractivity contribution < 1.29 is 9.48 Å². The Morgan fingerprint density at radius 2 is 2.15 bits per heavy atom. The molecular formula is C10H19N2O+.